The lowest BCUT2D eigenvalue weighted by Crippen LogP contribution is -2.57. The summed E-state index contributed by atoms with van der Waals surface area (Å²) < 4.78 is 5.56. The summed E-state index contributed by atoms with van der Waals surface area (Å²) in [6.07, 6.45) is 1.85. The van der Waals surface area contributed by atoms with Crippen LogP contribution in [0.15, 0.2) is 48.5 Å². The highest BCUT2D eigenvalue weighted by atomic mass is 16.5. The van der Waals surface area contributed by atoms with E-state index in [0.29, 0.717) is 12.8 Å². The molecule has 0 spiro atoms. The van der Waals surface area contributed by atoms with Gasteiger partial charge >= 0.3 is 12.1 Å². The number of carbonyl (C=O) groups is 3. The Morgan fingerprint density at radius 3 is 2.21 bits per heavy atom. The van der Waals surface area contributed by atoms with Crippen LogP contribution in [0.1, 0.15) is 56.6 Å². The molecule has 1 saturated carbocycles. The van der Waals surface area contributed by atoms with Crippen molar-refractivity contribution in [3.63, 3.8) is 0 Å². The fourth-order valence-corrected chi connectivity index (χ4v) is 4.86. The number of fused-ring (bicyclic) bond motifs is 3. The average molecular weight is 451 g/mol. The molecule has 0 heterocycles. The van der Waals surface area contributed by atoms with Crippen molar-refractivity contribution in [3.8, 4) is 11.1 Å². The standard InChI is InChI=1S/C26H30N2O5/c1-26(2,24(31)27-17-9-7-8-16(14-17)23(29)30)28-25(32)33-15-22-20-12-5-3-10-18(20)19-11-4-6-13-21(19)22/h3-6,10-13,16-17,22H,7-9,14-15H2,1-2H3,(H,27,31)(H,28,32)(H,29,30)/t16-,17+/m0/s1. The molecule has 7 heteroatoms. The minimum Gasteiger partial charge on any atom is -0.481 e. The van der Waals surface area contributed by atoms with Crippen LogP contribution in [0.3, 0.4) is 0 Å². The lowest BCUT2D eigenvalue weighted by molar-refractivity contribution is -0.143. The van der Waals surface area contributed by atoms with Gasteiger partial charge in [-0.05, 0) is 55.4 Å². The summed E-state index contributed by atoms with van der Waals surface area (Å²) in [6, 6.07) is 16.0. The molecule has 0 aromatic heterocycles. The van der Waals surface area contributed by atoms with E-state index in [-0.39, 0.29) is 24.5 Å². The molecule has 0 radical (unpaired) electrons. The number of carbonyl (C=O) groups excluding carboxylic acids is 2. The summed E-state index contributed by atoms with van der Waals surface area (Å²) in [5, 5.41) is 14.8. The molecule has 33 heavy (non-hydrogen) atoms. The number of benzene rings is 2. The van der Waals surface area contributed by atoms with Crippen LogP contribution in [0.2, 0.25) is 0 Å². The van der Waals surface area contributed by atoms with Gasteiger partial charge in [0.2, 0.25) is 5.91 Å². The molecule has 0 bridgehead atoms. The van der Waals surface area contributed by atoms with Crippen LogP contribution in [0.4, 0.5) is 4.79 Å². The van der Waals surface area contributed by atoms with Crippen molar-refractivity contribution < 1.29 is 24.2 Å². The molecule has 174 valence electrons. The predicted octanol–water partition coefficient (Wildman–Crippen LogP) is 4.06. The van der Waals surface area contributed by atoms with Crippen LogP contribution in [-0.4, -0.2) is 41.3 Å². The Bertz CT molecular complexity index is 1020. The first-order valence-corrected chi connectivity index (χ1v) is 11.4. The molecule has 2 amide bonds. The summed E-state index contributed by atoms with van der Waals surface area (Å²) in [7, 11) is 0. The Hall–Kier alpha value is -3.35. The molecule has 2 aliphatic rings. The number of carboxylic acids is 1. The van der Waals surface area contributed by atoms with Crippen molar-refractivity contribution in [1.29, 1.82) is 0 Å². The highest BCUT2D eigenvalue weighted by molar-refractivity contribution is 5.89. The molecule has 2 aliphatic carbocycles. The van der Waals surface area contributed by atoms with Crippen LogP contribution in [0.5, 0.6) is 0 Å². The highest BCUT2D eigenvalue weighted by Crippen LogP contribution is 2.44. The van der Waals surface area contributed by atoms with Crippen LogP contribution < -0.4 is 10.6 Å². The Labute approximate surface area is 193 Å². The van der Waals surface area contributed by atoms with Gasteiger partial charge in [0.15, 0.2) is 0 Å². The predicted molar refractivity (Wildman–Crippen MR) is 124 cm³/mol. The summed E-state index contributed by atoms with van der Waals surface area (Å²) in [5.41, 5.74) is 3.34. The maximum atomic E-state index is 12.8. The van der Waals surface area contributed by atoms with Gasteiger partial charge in [-0.25, -0.2) is 4.79 Å². The summed E-state index contributed by atoms with van der Waals surface area (Å²) in [6.45, 7) is 3.39. The van der Waals surface area contributed by atoms with E-state index in [1.165, 1.54) is 0 Å². The Morgan fingerprint density at radius 2 is 1.61 bits per heavy atom. The normalized spacial score (nSPS) is 19.8. The topological polar surface area (TPSA) is 105 Å². The molecular weight excluding hydrogens is 420 g/mol. The number of carboxylic acid groups (broad SMARTS) is 1. The van der Waals surface area contributed by atoms with Gasteiger partial charge in [-0.15, -0.1) is 0 Å². The minimum atomic E-state index is -1.20. The van der Waals surface area contributed by atoms with E-state index >= 15 is 0 Å². The monoisotopic (exact) mass is 450 g/mol. The summed E-state index contributed by atoms with van der Waals surface area (Å²) in [4.78, 5) is 36.7. The number of nitrogens with one attached hydrogen (secondary N) is 2. The minimum absolute atomic E-state index is 0.0599. The van der Waals surface area contributed by atoms with E-state index < -0.39 is 23.5 Å². The summed E-state index contributed by atoms with van der Waals surface area (Å²) in [5.74, 6) is -1.69. The first-order valence-electron chi connectivity index (χ1n) is 11.4. The van der Waals surface area contributed by atoms with Gasteiger partial charge in [0.1, 0.15) is 12.1 Å². The van der Waals surface area contributed by atoms with Crippen LogP contribution in [0, 0.1) is 5.92 Å². The molecule has 4 rings (SSSR count). The fraction of sp³-hybridized carbons (Fsp3) is 0.423. The first-order chi connectivity index (χ1) is 15.8. The molecule has 0 aliphatic heterocycles. The van der Waals surface area contributed by atoms with E-state index in [1.54, 1.807) is 13.8 Å². The number of alkyl carbamates (subject to hydrolysis) is 1. The van der Waals surface area contributed by atoms with Crippen molar-refractivity contribution in [2.45, 2.75) is 57.0 Å². The second kappa shape index (κ2) is 9.25. The van der Waals surface area contributed by atoms with E-state index in [2.05, 4.69) is 22.8 Å². The lowest BCUT2D eigenvalue weighted by Gasteiger charge is -2.31. The van der Waals surface area contributed by atoms with Crippen LogP contribution in [-0.2, 0) is 14.3 Å². The van der Waals surface area contributed by atoms with Crippen molar-refractivity contribution in [3.05, 3.63) is 59.7 Å². The van der Waals surface area contributed by atoms with Gasteiger partial charge in [0.25, 0.3) is 0 Å². The Kier molecular flexibility index (Phi) is 6.40. The van der Waals surface area contributed by atoms with Gasteiger partial charge in [-0.1, -0.05) is 55.0 Å². The second-order valence-corrected chi connectivity index (χ2v) is 9.45. The van der Waals surface area contributed by atoms with Gasteiger partial charge in [0, 0.05) is 12.0 Å². The van der Waals surface area contributed by atoms with Gasteiger partial charge in [-0.3, -0.25) is 9.59 Å². The molecule has 7 nitrogen and oxygen atoms in total. The third-order valence-electron chi connectivity index (χ3n) is 6.68. The SMILES string of the molecule is CC(C)(NC(=O)OCC1c2ccccc2-c2ccccc21)C(=O)N[C@@H]1CCC[C@H](C(=O)O)C1. The van der Waals surface area contributed by atoms with Crippen LogP contribution >= 0.6 is 0 Å². The fourth-order valence-electron chi connectivity index (χ4n) is 4.86. The Balaban J connectivity index is 1.35. The van der Waals surface area contributed by atoms with E-state index in [0.717, 1.165) is 35.1 Å². The zero-order valence-electron chi connectivity index (χ0n) is 19.0. The van der Waals surface area contributed by atoms with Crippen molar-refractivity contribution in [2.24, 2.45) is 5.92 Å². The molecule has 2 aromatic carbocycles. The molecule has 2 atom stereocenters. The number of hydrogen-bond acceptors (Lipinski definition) is 4. The zero-order chi connectivity index (χ0) is 23.6. The first kappa shape index (κ1) is 22.8. The number of amides is 2. The smallest absolute Gasteiger partial charge is 0.408 e. The third kappa shape index (κ3) is 4.87. The number of rotatable bonds is 6. The number of ether oxygens (including phenoxy) is 1. The maximum absolute atomic E-state index is 12.8. The van der Waals surface area contributed by atoms with E-state index in [1.807, 2.05) is 36.4 Å². The van der Waals surface area contributed by atoms with Crippen molar-refractivity contribution in [2.75, 3.05) is 6.61 Å². The Morgan fingerprint density at radius 1 is 1.00 bits per heavy atom. The van der Waals surface area contributed by atoms with Crippen molar-refractivity contribution in [1.82, 2.24) is 10.6 Å². The summed E-state index contributed by atoms with van der Waals surface area (Å²) >= 11 is 0. The molecular formula is C26H30N2O5. The second-order valence-electron chi connectivity index (χ2n) is 9.45. The molecule has 0 unspecified atom stereocenters. The zero-order valence-corrected chi connectivity index (χ0v) is 19.0. The van der Waals surface area contributed by atoms with Crippen molar-refractivity contribution >= 4 is 18.0 Å². The lowest BCUT2D eigenvalue weighted by atomic mass is 9.85. The van der Waals surface area contributed by atoms with Crippen LogP contribution in [0.25, 0.3) is 11.1 Å². The van der Waals surface area contributed by atoms with Gasteiger partial charge < -0.3 is 20.5 Å². The quantitative estimate of drug-likeness (QED) is 0.616. The number of hydrogen-bond donors (Lipinski definition) is 3. The largest absolute Gasteiger partial charge is 0.481 e. The van der Waals surface area contributed by atoms with Gasteiger partial charge in [0.05, 0.1) is 5.92 Å². The third-order valence-corrected chi connectivity index (χ3v) is 6.68. The number of aliphatic carboxylic acids is 1. The van der Waals surface area contributed by atoms with E-state index in [4.69, 9.17) is 4.74 Å². The van der Waals surface area contributed by atoms with Gasteiger partial charge in [-0.2, -0.15) is 0 Å². The molecule has 3 N–H and O–H groups in total. The molecule has 1 fully saturated rings. The highest BCUT2D eigenvalue weighted by Gasteiger charge is 2.35. The molecule has 2 aromatic rings. The average Bonchev–Trinajstić information content (AvgIpc) is 3.11. The van der Waals surface area contributed by atoms with E-state index in [9.17, 15) is 19.5 Å². The molecule has 0 saturated heterocycles. The maximum Gasteiger partial charge on any atom is 0.408 e.